The maximum absolute atomic E-state index is 13.6. The van der Waals surface area contributed by atoms with E-state index in [9.17, 15) is 9.18 Å². The number of hydrogen-bond acceptors (Lipinski definition) is 6. The first kappa shape index (κ1) is 19.8. The summed E-state index contributed by atoms with van der Waals surface area (Å²) in [5.74, 6) is 0.779. The Morgan fingerprint density at radius 3 is 2.52 bits per heavy atom. The van der Waals surface area contributed by atoms with Crippen LogP contribution in [0.25, 0.3) is 11.4 Å². The highest BCUT2D eigenvalue weighted by Gasteiger charge is 2.49. The van der Waals surface area contributed by atoms with E-state index >= 15 is 0 Å². The number of carbonyl (C=O) groups excluding carboxylic acids is 1. The molecule has 1 saturated heterocycles. The lowest BCUT2D eigenvalue weighted by molar-refractivity contribution is 0.0683. The zero-order valence-corrected chi connectivity index (χ0v) is 17.6. The van der Waals surface area contributed by atoms with Gasteiger partial charge < -0.3 is 9.80 Å². The van der Waals surface area contributed by atoms with Crippen molar-refractivity contribution in [2.24, 2.45) is 5.92 Å². The Morgan fingerprint density at radius 1 is 1.10 bits per heavy atom. The molecule has 158 valence electrons. The van der Waals surface area contributed by atoms with Crippen LogP contribution in [0.15, 0.2) is 49.1 Å². The molecule has 31 heavy (non-hydrogen) atoms. The van der Waals surface area contributed by atoms with Crippen molar-refractivity contribution >= 4 is 23.5 Å². The molecule has 7 nitrogen and oxygen atoms in total. The molecule has 5 rings (SSSR count). The Morgan fingerprint density at radius 2 is 1.81 bits per heavy atom. The number of hydrogen-bond donors (Lipinski definition) is 0. The van der Waals surface area contributed by atoms with Gasteiger partial charge in [-0.05, 0) is 24.8 Å². The Balaban J connectivity index is 1.42. The summed E-state index contributed by atoms with van der Waals surface area (Å²) in [5, 5.41) is 0.488. The smallest absolute Gasteiger partial charge is 0.254 e. The molecular formula is C22H20ClFN6O. The number of fused-ring (bicyclic) bond motifs is 2. The number of halogens is 2. The third-order valence-corrected chi connectivity index (χ3v) is 6.34. The molecule has 0 radical (unpaired) electrons. The van der Waals surface area contributed by atoms with Crippen molar-refractivity contribution in [2.45, 2.75) is 24.9 Å². The third-order valence-electron chi connectivity index (χ3n) is 6.15. The number of likely N-dealkylation sites (N-methyl/N-ethyl adjacent to an activating group) is 1. The molecule has 0 spiro atoms. The largest absolute Gasteiger partial charge is 0.339 e. The van der Waals surface area contributed by atoms with E-state index < -0.39 is 5.82 Å². The second-order valence-corrected chi connectivity index (χ2v) is 8.45. The molecule has 3 aromatic rings. The van der Waals surface area contributed by atoms with Gasteiger partial charge in [-0.2, -0.15) is 0 Å². The molecule has 2 aromatic heterocycles. The topological polar surface area (TPSA) is 75.1 Å². The number of likely N-dealkylation sites (tertiary alicyclic amines) is 1. The number of carbonyl (C=O) groups is 1. The zero-order chi connectivity index (χ0) is 21.5. The van der Waals surface area contributed by atoms with Crippen LogP contribution in [-0.2, 0) is 0 Å². The maximum atomic E-state index is 13.6. The number of amides is 1. The molecule has 1 saturated carbocycles. The number of aromatic nitrogens is 4. The van der Waals surface area contributed by atoms with Gasteiger partial charge in [-0.15, -0.1) is 0 Å². The van der Waals surface area contributed by atoms with Crippen LogP contribution >= 0.6 is 11.6 Å². The van der Waals surface area contributed by atoms with Crippen LogP contribution < -0.4 is 4.90 Å². The number of nitrogens with zero attached hydrogens (tertiary/aromatic N) is 6. The van der Waals surface area contributed by atoms with Gasteiger partial charge in [-0.3, -0.25) is 4.79 Å². The summed E-state index contributed by atoms with van der Waals surface area (Å²) < 4.78 is 13.3. The normalized spacial score (nSPS) is 22.0. The molecule has 2 aliphatic rings. The second kappa shape index (κ2) is 7.85. The van der Waals surface area contributed by atoms with Gasteiger partial charge in [0.25, 0.3) is 5.91 Å². The van der Waals surface area contributed by atoms with E-state index in [2.05, 4.69) is 19.9 Å². The van der Waals surface area contributed by atoms with Crippen molar-refractivity contribution < 1.29 is 9.18 Å². The molecule has 1 amide bonds. The highest BCUT2D eigenvalue weighted by Crippen LogP contribution is 2.41. The lowest BCUT2D eigenvalue weighted by Crippen LogP contribution is -2.51. The summed E-state index contributed by atoms with van der Waals surface area (Å²) in [4.78, 5) is 34.3. The van der Waals surface area contributed by atoms with Gasteiger partial charge in [0.2, 0.25) is 5.95 Å². The van der Waals surface area contributed by atoms with E-state index in [1.54, 1.807) is 24.5 Å². The Labute approximate surface area is 183 Å². The molecule has 0 N–H and O–H groups in total. The maximum Gasteiger partial charge on any atom is 0.254 e. The zero-order valence-electron chi connectivity index (χ0n) is 16.8. The fourth-order valence-corrected chi connectivity index (χ4v) is 4.84. The van der Waals surface area contributed by atoms with E-state index in [0.29, 0.717) is 40.4 Å². The molecule has 1 aromatic carbocycles. The van der Waals surface area contributed by atoms with Crippen molar-refractivity contribution in [3.8, 4) is 11.4 Å². The Kier molecular flexibility index (Phi) is 5.02. The van der Waals surface area contributed by atoms with Gasteiger partial charge >= 0.3 is 0 Å². The fraction of sp³-hybridized carbons (Fsp3) is 0.318. The van der Waals surface area contributed by atoms with Crippen LogP contribution in [0, 0.1) is 11.7 Å². The van der Waals surface area contributed by atoms with Gasteiger partial charge in [-0.25, -0.2) is 24.3 Å². The summed E-state index contributed by atoms with van der Waals surface area (Å²) in [5.41, 5.74) is 1.12. The van der Waals surface area contributed by atoms with E-state index in [4.69, 9.17) is 11.6 Å². The SMILES string of the molecule is CN(c1ncc(Cl)cn1)[C@@H]1C[C@H]2C[C@@H]1N(C(=O)c1ccccc1-c1ncc(F)cn1)C2. The van der Waals surface area contributed by atoms with Crippen LogP contribution in [-0.4, -0.2) is 56.4 Å². The Hall–Kier alpha value is -3.13. The molecule has 9 heteroatoms. The molecule has 3 atom stereocenters. The van der Waals surface area contributed by atoms with E-state index in [1.807, 2.05) is 29.0 Å². The first-order valence-corrected chi connectivity index (χ1v) is 10.5. The monoisotopic (exact) mass is 438 g/mol. The minimum Gasteiger partial charge on any atom is -0.339 e. The Bertz CT molecular complexity index is 1110. The van der Waals surface area contributed by atoms with Gasteiger partial charge in [0, 0.05) is 19.2 Å². The van der Waals surface area contributed by atoms with Gasteiger partial charge in [0.15, 0.2) is 11.6 Å². The second-order valence-electron chi connectivity index (χ2n) is 8.01. The summed E-state index contributed by atoms with van der Waals surface area (Å²) in [6.45, 7) is 0.716. The van der Waals surface area contributed by atoms with Crippen LogP contribution in [0.4, 0.5) is 10.3 Å². The highest BCUT2D eigenvalue weighted by molar-refractivity contribution is 6.30. The van der Waals surface area contributed by atoms with Crippen LogP contribution in [0.5, 0.6) is 0 Å². The predicted molar refractivity (Wildman–Crippen MR) is 114 cm³/mol. The minimum absolute atomic E-state index is 0.0592. The van der Waals surface area contributed by atoms with Gasteiger partial charge in [-0.1, -0.05) is 29.8 Å². The summed E-state index contributed by atoms with van der Waals surface area (Å²) in [7, 11) is 1.96. The summed E-state index contributed by atoms with van der Waals surface area (Å²) in [6.07, 6.45) is 7.31. The summed E-state index contributed by atoms with van der Waals surface area (Å²) >= 11 is 5.92. The minimum atomic E-state index is -0.514. The molecule has 3 heterocycles. The standard InChI is InChI=1S/C22H20ClFN6O/c1-29(22-27-8-14(23)9-28-22)18-6-13-7-19(18)30(12-13)21(31)17-5-3-2-4-16(17)20-25-10-15(24)11-26-20/h2-5,8-11,13,18-19H,6-7,12H2,1H3/t13-,18+,19-/m0/s1. The highest BCUT2D eigenvalue weighted by atomic mass is 35.5. The predicted octanol–water partition coefficient (Wildman–Crippen LogP) is 3.47. The van der Waals surface area contributed by atoms with E-state index in [0.717, 1.165) is 25.2 Å². The number of anilines is 1. The fourth-order valence-electron chi connectivity index (χ4n) is 4.75. The molecule has 2 bridgehead atoms. The van der Waals surface area contributed by atoms with E-state index in [1.165, 1.54) is 0 Å². The average Bonchev–Trinajstić information content (AvgIpc) is 3.40. The quantitative estimate of drug-likeness (QED) is 0.621. The number of piperidine rings is 1. The third kappa shape index (κ3) is 3.61. The number of rotatable bonds is 4. The summed E-state index contributed by atoms with van der Waals surface area (Å²) in [6, 6.07) is 7.39. The van der Waals surface area contributed by atoms with E-state index in [-0.39, 0.29) is 18.0 Å². The molecule has 0 unspecified atom stereocenters. The lowest BCUT2D eigenvalue weighted by atomic mass is 10.0. The first-order chi connectivity index (χ1) is 15.0. The van der Waals surface area contributed by atoms with Crippen LogP contribution in [0.2, 0.25) is 5.02 Å². The van der Waals surface area contributed by atoms with Gasteiger partial charge in [0.1, 0.15) is 0 Å². The van der Waals surface area contributed by atoms with Gasteiger partial charge in [0.05, 0.1) is 47.5 Å². The van der Waals surface area contributed by atoms with Crippen LogP contribution in [0.1, 0.15) is 23.2 Å². The van der Waals surface area contributed by atoms with Crippen molar-refractivity contribution in [2.75, 3.05) is 18.5 Å². The first-order valence-electron chi connectivity index (χ1n) is 10.1. The van der Waals surface area contributed by atoms with Crippen molar-refractivity contribution in [1.29, 1.82) is 0 Å². The molecule has 2 fully saturated rings. The van der Waals surface area contributed by atoms with Crippen LogP contribution in [0.3, 0.4) is 0 Å². The van der Waals surface area contributed by atoms with Crippen molar-refractivity contribution in [3.63, 3.8) is 0 Å². The number of benzene rings is 1. The van der Waals surface area contributed by atoms with Crippen molar-refractivity contribution in [3.05, 3.63) is 65.5 Å². The molecule has 1 aliphatic carbocycles. The van der Waals surface area contributed by atoms with Crippen molar-refractivity contribution in [1.82, 2.24) is 24.8 Å². The lowest BCUT2D eigenvalue weighted by Gasteiger charge is -2.38. The average molecular weight is 439 g/mol. The molecular weight excluding hydrogens is 419 g/mol. The molecule has 1 aliphatic heterocycles.